The van der Waals surface area contributed by atoms with Gasteiger partial charge in [-0.1, -0.05) is 29.0 Å². The predicted octanol–water partition coefficient (Wildman–Crippen LogP) is 3.83. The molecule has 1 aliphatic heterocycles. The number of hydrogen-bond donors (Lipinski definition) is 0. The summed E-state index contributed by atoms with van der Waals surface area (Å²) in [6.07, 6.45) is 0. The molecule has 0 aliphatic carbocycles. The van der Waals surface area contributed by atoms with Gasteiger partial charge in [0.25, 0.3) is 11.6 Å². The van der Waals surface area contributed by atoms with Crippen LogP contribution in [0.4, 0.5) is 10.8 Å². The highest BCUT2D eigenvalue weighted by molar-refractivity contribution is 7.22. The quantitative estimate of drug-likeness (QED) is 0.460. The van der Waals surface area contributed by atoms with Crippen molar-refractivity contribution in [2.24, 2.45) is 0 Å². The van der Waals surface area contributed by atoms with E-state index in [0.717, 1.165) is 21.1 Å². The first-order valence-electron chi connectivity index (χ1n) is 8.89. The first-order chi connectivity index (χ1) is 14.0. The molecule has 0 radical (unpaired) electrons. The third-order valence-corrected chi connectivity index (χ3v) is 6.13. The molecular weight excluding hydrogens is 416 g/mol. The van der Waals surface area contributed by atoms with Crippen molar-refractivity contribution in [1.82, 2.24) is 9.88 Å². The van der Waals surface area contributed by atoms with E-state index in [-0.39, 0.29) is 17.2 Å². The van der Waals surface area contributed by atoms with Gasteiger partial charge in [0.2, 0.25) is 0 Å². The summed E-state index contributed by atoms with van der Waals surface area (Å²) in [5.74, 6) is 0.344. The Morgan fingerprint density at radius 3 is 2.69 bits per heavy atom. The van der Waals surface area contributed by atoms with Crippen molar-refractivity contribution in [1.29, 1.82) is 0 Å². The number of nitro groups is 1. The molecule has 10 heteroatoms. The molecule has 150 valence electrons. The zero-order chi connectivity index (χ0) is 20.5. The average molecular weight is 433 g/mol. The van der Waals surface area contributed by atoms with Crippen LogP contribution >= 0.6 is 22.9 Å². The van der Waals surface area contributed by atoms with Crippen LogP contribution in [0.25, 0.3) is 10.2 Å². The van der Waals surface area contributed by atoms with Gasteiger partial charge in [-0.05, 0) is 24.3 Å². The van der Waals surface area contributed by atoms with Gasteiger partial charge in [-0.3, -0.25) is 14.9 Å². The molecule has 2 heterocycles. The van der Waals surface area contributed by atoms with Crippen LogP contribution in [0.1, 0.15) is 10.4 Å². The van der Waals surface area contributed by atoms with Crippen LogP contribution in [-0.2, 0) is 0 Å². The molecule has 0 unspecified atom stereocenters. The molecule has 1 aliphatic rings. The Bertz CT molecular complexity index is 1100. The molecule has 2 aromatic carbocycles. The topological polar surface area (TPSA) is 88.8 Å². The third kappa shape index (κ3) is 3.70. The molecule has 1 aromatic heterocycles. The zero-order valence-corrected chi connectivity index (χ0v) is 17.1. The number of nitro benzene ring substituents is 1. The van der Waals surface area contributed by atoms with Crippen LogP contribution in [0.5, 0.6) is 5.75 Å². The van der Waals surface area contributed by atoms with E-state index in [0.29, 0.717) is 31.2 Å². The van der Waals surface area contributed by atoms with Crippen molar-refractivity contribution in [2.45, 2.75) is 0 Å². The fourth-order valence-corrected chi connectivity index (χ4v) is 4.53. The van der Waals surface area contributed by atoms with Crippen LogP contribution in [0.15, 0.2) is 36.4 Å². The smallest absolute Gasteiger partial charge is 0.282 e. The lowest BCUT2D eigenvalue weighted by Gasteiger charge is -2.34. The summed E-state index contributed by atoms with van der Waals surface area (Å²) in [6.45, 7) is 2.05. The number of piperazine rings is 1. The Labute approximate surface area is 175 Å². The summed E-state index contributed by atoms with van der Waals surface area (Å²) >= 11 is 7.52. The first kappa shape index (κ1) is 19.4. The van der Waals surface area contributed by atoms with Gasteiger partial charge in [0, 0.05) is 37.3 Å². The molecule has 0 bridgehead atoms. The molecular formula is C19H17ClN4O4S. The van der Waals surface area contributed by atoms with Crippen molar-refractivity contribution in [3.63, 3.8) is 0 Å². The maximum atomic E-state index is 12.9. The minimum absolute atomic E-state index is 0.0145. The maximum absolute atomic E-state index is 12.9. The van der Waals surface area contributed by atoms with E-state index in [4.69, 9.17) is 21.3 Å². The Morgan fingerprint density at radius 2 is 2.00 bits per heavy atom. The van der Waals surface area contributed by atoms with Crippen molar-refractivity contribution in [3.05, 3.63) is 57.1 Å². The number of methoxy groups -OCH3 is 1. The monoisotopic (exact) mass is 432 g/mol. The summed E-state index contributed by atoms with van der Waals surface area (Å²) in [6, 6.07) is 9.83. The minimum Gasteiger partial charge on any atom is -0.494 e. The largest absolute Gasteiger partial charge is 0.494 e. The lowest BCUT2D eigenvalue weighted by molar-refractivity contribution is -0.385. The zero-order valence-electron chi connectivity index (χ0n) is 15.5. The highest BCUT2D eigenvalue weighted by atomic mass is 35.5. The molecule has 0 saturated carbocycles. The molecule has 0 atom stereocenters. The Balaban J connectivity index is 1.51. The molecule has 4 rings (SSSR count). The average Bonchev–Trinajstić information content (AvgIpc) is 3.17. The number of amides is 1. The lowest BCUT2D eigenvalue weighted by Crippen LogP contribution is -2.48. The molecule has 1 amide bonds. The van der Waals surface area contributed by atoms with E-state index in [1.807, 2.05) is 18.2 Å². The SMILES string of the molecule is COc1cccc2sc(N3CCN(C(=O)c4cc(Cl)ccc4[N+](=O)[O-])CC3)nc12. The molecule has 1 saturated heterocycles. The van der Waals surface area contributed by atoms with Gasteiger partial charge in [0.15, 0.2) is 5.13 Å². The second kappa shape index (κ2) is 7.84. The minimum atomic E-state index is -0.561. The van der Waals surface area contributed by atoms with Crippen LogP contribution in [0.2, 0.25) is 5.02 Å². The lowest BCUT2D eigenvalue weighted by atomic mass is 10.1. The molecule has 0 N–H and O–H groups in total. The van der Waals surface area contributed by atoms with Gasteiger partial charge >= 0.3 is 0 Å². The summed E-state index contributed by atoms with van der Waals surface area (Å²) in [5, 5.41) is 12.4. The van der Waals surface area contributed by atoms with E-state index < -0.39 is 4.92 Å². The molecule has 8 nitrogen and oxygen atoms in total. The van der Waals surface area contributed by atoms with Gasteiger partial charge in [-0.25, -0.2) is 4.98 Å². The second-order valence-corrected chi connectivity index (χ2v) is 7.95. The summed E-state index contributed by atoms with van der Waals surface area (Å²) in [5.41, 5.74) is 0.601. The number of benzene rings is 2. The summed E-state index contributed by atoms with van der Waals surface area (Å²) in [7, 11) is 1.62. The molecule has 3 aromatic rings. The Kier molecular flexibility index (Phi) is 5.25. The highest BCUT2D eigenvalue weighted by Crippen LogP contribution is 2.34. The number of rotatable bonds is 4. The van der Waals surface area contributed by atoms with E-state index in [1.165, 1.54) is 18.2 Å². The van der Waals surface area contributed by atoms with E-state index in [9.17, 15) is 14.9 Å². The Morgan fingerprint density at radius 1 is 1.24 bits per heavy atom. The number of ether oxygens (including phenoxy) is 1. The van der Waals surface area contributed by atoms with Crippen molar-refractivity contribution < 1.29 is 14.5 Å². The predicted molar refractivity (Wildman–Crippen MR) is 112 cm³/mol. The first-order valence-corrected chi connectivity index (χ1v) is 10.1. The van der Waals surface area contributed by atoms with Gasteiger partial charge in [-0.15, -0.1) is 0 Å². The normalized spacial score (nSPS) is 14.3. The molecule has 1 fully saturated rings. The fourth-order valence-electron chi connectivity index (χ4n) is 3.32. The fraction of sp³-hybridized carbons (Fsp3) is 0.263. The number of carbonyl (C=O) groups excluding carboxylic acids is 1. The number of para-hydroxylation sites is 1. The number of anilines is 1. The standard InChI is InChI=1S/C19H17ClN4O4S/c1-28-15-3-2-4-16-17(15)21-19(29-16)23-9-7-22(8-10-23)18(25)13-11-12(20)5-6-14(13)24(26)27/h2-6,11H,7-10H2,1H3. The van der Waals surface area contributed by atoms with Crippen LogP contribution in [0, 0.1) is 10.1 Å². The van der Waals surface area contributed by atoms with Gasteiger partial charge in [0.05, 0.1) is 16.7 Å². The van der Waals surface area contributed by atoms with E-state index >= 15 is 0 Å². The summed E-state index contributed by atoms with van der Waals surface area (Å²) in [4.78, 5) is 32.0. The number of carbonyl (C=O) groups is 1. The molecule has 0 spiro atoms. The number of thiazole rings is 1. The van der Waals surface area contributed by atoms with E-state index in [1.54, 1.807) is 23.3 Å². The number of nitrogens with zero attached hydrogens (tertiary/aromatic N) is 4. The Hall–Kier alpha value is -2.91. The summed E-state index contributed by atoms with van der Waals surface area (Å²) < 4.78 is 6.41. The van der Waals surface area contributed by atoms with Crippen molar-refractivity contribution in [3.8, 4) is 5.75 Å². The van der Waals surface area contributed by atoms with Gasteiger partial charge in [-0.2, -0.15) is 0 Å². The van der Waals surface area contributed by atoms with Crippen LogP contribution in [0.3, 0.4) is 0 Å². The van der Waals surface area contributed by atoms with E-state index in [2.05, 4.69) is 4.90 Å². The second-order valence-electron chi connectivity index (χ2n) is 6.50. The van der Waals surface area contributed by atoms with Crippen molar-refractivity contribution in [2.75, 3.05) is 38.2 Å². The highest BCUT2D eigenvalue weighted by Gasteiger charge is 2.28. The van der Waals surface area contributed by atoms with Gasteiger partial charge < -0.3 is 14.5 Å². The van der Waals surface area contributed by atoms with Crippen LogP contribution in [-0.4, -0.2) is 54.0 Å². The van der Waals surface area contributed by atoms with Crippen molar-refractivity contribution >= 4 is 49.9 Å². The van der Waals surface area contributed by atoms with Crippen LogP contribution < -0.4 is 9.64 Å². The number of hydrogen-bond acceptors (Lipinski definition) is 7. The molecule has 29 heavy (non-hydrogen) atoms. The number of halogens is 1. The maximum Gasteiger partial charge on any atom is 0.282 e. The third-order valence-electron chi connectivity index (χ3n) is 4.81. The number of fused-ring (bicyclic) bond motifs is 1. The van der Waals surface area contributed by atoms with Gasteiger partial charge in [0.1, 0.15) is 16.8 Å². The number of aromatic nitrogens is 1.